The summed E-state index contributed by atoms with van der Waals surface area (Å²) in [5.74, 6) is -0.609. The van der Waals surface area contributed by atoms with E-state index < -0.39 is 0 Å². The summed E-state index contributed by atoms with van der Waals surface area (Å²) in [6.07, 6.45) is 0.861. The molecule has 0 aliphatic carbocycles. The number of nitrogens with one attached hydrogen (secondary N) is 1. The van der Waals surface area contributed by atoms with Crippen LogP contribution in [0.5, 0.6) is 0 Å². The van der Waals surface area contributed by atoms with Gasteiger partial charge in [0.05, 0.1) is 12.0 Å². The van der Waals surface area contributed by atoms with Gasteiger partial charge in [0, 0.05) is 50.0 Å². The average Bonchev–Trinajstić information content (AvgIpc) is 2.92. The molecule has 6 heteroatoms. The Morgan fingerprint density at radius 3 is 2.68 bits per heavy atom. The van der Waals surface area contributed by atoms with Crippen LogP contribution in [0.3, 0.4) is 0 Å². The second-order valence-corrected chi connectivity index (χ2v) is 7.73. The minimum absolute atomic E-state index is 0.0313. The van der Waals surface area contributed by atoms with Crippen LogP contribution in [0.4, 0.5) is 0 Å². The minimum atomic E-state index is -0.374. The quantitative estimate of drug-likeness (QED) is 0.796. The summed E-state index contributed by atoms with van der Waals surface area (Å²) in [6.45, 7) is 3.76. The molecule has 4 atom stereocenters. The Morgan fingerprint density at radius 2 is 1.96 bits per heavy atom. The summed E-state index contributed by atoms with van der Waals surface area (Å²) in [6, 6.07) is 15.2. The normalized spacial score (nSPS) is 26.1. The number of rotatable bonds is 6. The van der Waals surface area contributed by atoms with Crippen LogP contribution < -0.4 is 10.9 Å². The molecule has 28 heavy (non-hydrogen) atoms. The molecule has 2 aliphatic heterocycles. The zero-order valence-corrected chi connectivity index (χ0v) is 16.1. The number of nitrogens with zero attached hydrogens (tertiary/aromatic N) is 2. The third kappa shape index (κ3) is 3.16. The van der Waals surface area contributed by atoms with Gasteiger partial charge < -0.3 is 15.0 Å². The van der Waals surface area contributed by atoms with Gasteiger partial charge in [-0.25, -0.2) is 0 Å². The SMILES string of the molecule is CCCNC(=O)[C@H]1[C@H](CO)[C@H]2Cn3c(cccc3=O)[C@@H]1N2Cc1ccccc1. The van der Waals surface area contributed by atoms with Gasteiger partial charge in [0.2, 0.25) is 5.91 Å². The molecule has 2 bridgehead atoms. The molecule has 1 aromatic heterocycles. The Bertz CT molecular complexity index is 895. The first-order valence-corrected chi connectivity index (χ1v) is 10.0. The van der Waals surface area contributed by atoms with E-state index >= 15 is 0 Å². The van der Waals surface area contributed by atoms with Crippen LogP contribution in [0.15, 0.2) is 53.3 Å². The van der Waals surface area contributed by atoms with Crippen LogP contribution in [-0.4, -0.2) is 39.7 Å². The van der Waals surface area contributed by atoms with E-state index in [0.29, 0.717) is 19.6 Å². The maximum absolute atomic E-state index is 13.1. The van der Waals surface area contributed by atoms with Gasteiger partial charge in [-0.1, -0.05) is 43.3 Å². The van der Waals surface area contributed by atoms with E-state index in [4.69, 9.17) is 0 Å². The molecule has 1 amide bonds. The van der Waals surface area contributed by atoms with Crippen LogP contribution in [-0.2, 0) is 17.9 Å². The molecule has 2 aromatic rings. The lowest BCUT2D eigenvalue weighted by Gasteiger charge is -2.38. The highest BCUT2D eigenvalue weighted by atomic mass is 16.3. The highest BCUT2D eigenvalue weighted by Crippen LogP contribution is 2.48. The maximum atomic E-state index is 13.1. The summed E-state index contributed by atoms with van der Waals surface area (Å²) in [5.41, 5.74) is 1.99. The van der Waals surface area contributed by atoms with Gasteiger partial charge in [-0.15, -0.1) is 0 Å². The number of fused-ring (bicyclic) bond motifs is 4. The van der Waals surface area contributed by atoms with Crippen LogP contribution in [0.2, 0.25) is 0 Å². The van der Waals surface area contributed by atoms with Gasteiger partial charge in [0.1, 0.15) is 0 Å². The molecule has 1 fully saturated rings. The largest absolute Gasteiger partial charge is 0.396 e. The monoisotopic (exact) mass is 381 g/mol. The number of amides is 1. The van der Waals surface area contributed by atoms with Crippen molar-refractivity contribution >= 4 is 5.91 Å². The lowest BCUT2D eigenvalue weighted by atomic mass is 9.86. The predicted octanol–water partition coefficient (Wildman–Crippen LogP) is 1.54. The lowest BCUT2D eigenvalue weighted by molar-refractivity contribution is -0.127. The number of hydrogen-bond donors (Lipinski definition) is 2. The second kappa shape index (κ2) is 7.89. The van der Waals surface area contributed by atoms with Gasteiger partial charge in [0.25, 0.3) is 5.56 Å². The van der Waals surface area contributed by atoms with Gasteiger partial charge in [0.15, 0.2) is 0 Å². The molecule has 4 rings (SSSR count). The van der Waals surface area contributed by atoms with Crippen molar-refractivity contribution in [1.29, 1.82) is 0 Å². The highest BCUT2D eigenvalue weighted by Gasteiger charge is 2.55. The van der Waals surface area contributed by atoms with E-state index in [1.54, 1.807) is 16.7 Å². The number of hydrogen-bond acceptors (Lipinski definition) is 4. The smallest absolute Gasteiger partial charge is 0.250 e. The lowest BCUT2D eigenvalue weighted by Crippen LogP contribution is -2.45. The Balaban J connectivity index is 1.77. The van der Waals surface area contributed by atoms with Crippen molar-refractivity contribution in [2.45, 2.75) is 38.5 Å². The molecule has 0 spiro atoms. The minimum Gasteiger partial charge on any atom is -0.396 e. The van der Waals surface area contributed by atoms with Crippen molar-refractivity contribution in [3.05, 3.63) is 70.1 Å². The van der Waals surface area contributed by atoms with Crippen molar-refractivity contribution in [3.63, 3.8) is 0 Å². The maximum Gasteiger partial charge on any atom is 0.250 e. The Hall–Kier alpha value is -2.44. The van der Waals surface area contributed by atoms with Crippen molar-refractivity contribution in [1.82, 2.24) is 14.8 Å². The molecule has 1 aromatic carbocycles. The van der Waals surface area contributed by atoms with Crippen molar-refractivity contribution in [3.8, 4) is 0 Å². The number of aromatic nitrogens is 1. The fourth-order valence-electron chi connectivity index (χ4n) is 4.85. The van der Waals surface area contributed by atoms with Crippen molar-refractivity contribution < 1.29 is 9.90 Å². The molecule has 2 aliphatic rings. The number of carbonyl (C=O) groups is 1. The highest BCUT2D eigenvalue weighted by molar-refractivity contribution is 5.80. The van der Waals surface area contributed by atoms with Gasteiger partial charge in [-0.3, -0.25) is 14.5 Å². The van der Waals surface area contributed by atoms with Crippen LogP contribution in [0, 0.1) is 11.8 Å². The molecule has 6 nitrogen and oxygen atoms in total. The van der Waals surface area contributed by atoms with Crippen LogP contribution >= 0.6 is 0 Å². The number of benzene rings is 1. The fraction of sp³-hybridized carbons (Fsp3) is 0.455. The average molecular weight is 381 g/mol. The second-order valence-electron chi connectivity index (χ2n) is 7.73. The molecule has 0 unspecified atom stereocenters. The Kier molecular flexibility index (Phi) is 5.33. The van der Waals surface area contributed by atoms with E-state index in [1.165, 1.54) is 0 Å². The summed E-state index contributed by atoms with van der Waals surface area (Å²) in [4.78, 5) is 27.9. The van der Waals surface area contributed by atoms with E-state index in [-0.39, 0.29) is 42.0 Å². The first-order valence-electron chi connectivity index (χ1n) is 10.0. The van der Waals surface area contributed by atoms with Crippen LogP contribution in [0.25, 0.3) is 0 Å². The summed E-state index contributed by atoms with van der Waals surface area (Å²) in [7, 11) is 0. The van der Waals surface area contributed by atoms with E-state index in [2.05, 4.69) is 22.3 Å². The van der Waals surface area contributed by atoms with Crippen molar-refractivity contribution in [2.24, 2.45) is 11.8 Å². The van der Waals surface area contributed by atoms with Crippen molar-refractivity contribution in [2.75, 3.05) is 13.2 Å². The zero-order chi connectivity index (χ0) is 19.7. The molecule has 0 saturated carbocycles. The summed E-state index contributed by atoms with van der Waals surface area (Å²) in [5, 5.41) is 13.2. The molecular formula is C22H27N3O3. The summed E-state index contributed by atoms with van der Waals surface area (Å²) >= 11 is 0. The van der Waals surface area contributed by atoms with E-state index in [0.717, 1.165) is 17.7 Å². The number of pyridine rings is 1. The number of aliphatic hydroxyl groups is 1. The molecule has 1 saturated heterocycles. The topological polar surface area (TPSA) is 74.6 Å². The van der Waals surface area contributed by atoms with Crippen LogP contribution in [0.1, 0.15) is 30.6 Å². The van der Waals surface area contributed by atoms with E-state index in [1.807, 2.05) is 31.2 Å². The Labute approximate surface area is 164 Å². The predicted molar refractivity (Wildman–Crippen MR) is 107 cm³/mol. The van der Waals surface area contributed by atoms with Gasteiger partial charge in [-0.05, 0) is 18.1 Å². The first kappa shape index (κ1) is 18.9. The molecular weight excluding hydrogens is 354 g/mol. The standard InChI is InChI=1S/C22H27N3O3/c1-2-11-23-22(28)20-16(14-26)18-13-24-17(9-6-10-19(24)27)21(20)25(18)12-15-7-4-3-5-8-15/h3-10,16,18,20-21,26H,2,11-14H2,1H3,(H,23,28)/t16-,18-,20+,21+/m1/s1. The van der Waals surface area contributed by atoms with E-state index in [9.17, 15) is 14.7 Å². The van der Waals surface area contributed by atoms with Gasteiger partial charge in [-0.2, -0.15) is 0 Å². The van der Waals surface area contributed by atoms with Gasteiger partial charge >= 0.3 is 0 Å². The zero-order valence-electron chi connectivity index (χ0n) is 16.1. The first-order chi connectivity index (χ1) is 13.7. The number of aliphatic hydroxyl groups excluding tert-OH is 1. The molecule has 3 heterocycles. The summed E-state index contributed by atoms with van der Waals surface area (Å²) < 4.78 is 1.78. The molecule has 0 radical (unpaired) electrons. The molecule has 2 N–H and O–H groups in total. The third-order valence-corrected chi connectivity index (χ3v) is 6.11. The Morgan fingerprint density at radius 1 is 1.18 bits per heavy atom. The number of carbonyl (C=O) groups excluding carboxylic acids is 1. The third-order valence-electron chi connectivity index (χ3n) is 6.11. The molecule has 148 valence electrons. The fourth-order valence-corrected chi connectivity index (χ4v) is 4.85.